The first-order valence-electron chi connectivity index (χ1n) is 7.40. The van der Waals surface area contributed by atoms with Gasteiger partial charge in [-0.3, -0.25) is 4.79 Å². The zero-order chi connectivity index (χ0) is 16.1. The highest BCUT2D eigenvalue weighted by atomic mass is 16.5. The molecule has 7 nitrogen and oxygen atoms in total. The molecule has 0 heterocycles. The fourth-order valence-electron chi connectivity index (χ4n) is 1.67. The van der Waals surface area contributed by atoms with Gasteiger partial charge in [0.25, 0.3) is 0 Å². The van der Waals surface area contributed by atoms with Crippen LogP contribution in [0.15, 0.2) is 0 Å². The lowest BCUT2D eigenvalue weighted by Crippen LogP contribution is -2.41. The average molecular weight is 301 g/mol. The smallest absolute Gasteiger partial charge is 0.407 e. The van der Waals surface area contributed by atoms with Crippen molar-refractivity contribution in [2.45, 2.75) is 52.0 Å². The summed E-state index contributed by atoms with van der Waals surface area (Å²) < 4.78 is 4.72. The number of carbonyl (C=O) groups excluding carboxylic acids is 3. The molecule has 1 atom stereocenters. The van der Waals surface area contributed by atoms with Gasteiger partial charge in [0, 0.05) is 19.5 Å². The van der Waals surface area contributed by atoms with Gasteiger partial charge >= 0.3 is 6.09 Å². The lowest BCUT2D eigenvalue weighted by atomic mass is 10.1. The minimum atomic E-state index is -0.551. The summed E-state index contributed by atoms with van der Waals surface area (Å²) >= 11 is 0. The standard InChI is InChI=1S/C14H27N3O4/c1-3-21-14(20)17-9-5-4-8-12(15)13(19)16-10-6-7-11(2)18/h12H,3-10,15H2,1-2H3,(H,16,19)(H,17,20). The Labute approximate surface area is 126 Å². The van der Waals surface area contributed by atoms with E-state index >= 15 is 0 Å². The molecule has 0 spiro atoms. The number of Topliss-reactive ketones (excluding diaryl/α,β-unsaturated/α-hetero) is 1. The van der Waals surface area contributed by atoms with Gasteiger partial charge in [-0.25, -0.2) is 4.79 Å². The topological polar surface area (TPSA) is 111 Å². The van der Waals surface area contributed by atoms with Gasteiger partial charge in [0.2, 0.25) is 5.91 Å². The maximum absolute atomic E-state index is 11.6. The third-order valence-corrected chi connectivity index (χ3v) is 2.83. The number of carbonyl (C=O) groups is 3. The summed E-state index contributed by atoms with van der Waals surface area (Å²) in [5, 5.41) is 5.31. The lowest BCUT2D eigenvalue weighted by Gasteiger charge is -2.12. The van der Waals surface area contributed by atoms with Crippen molar-refractivity contribution in [1.29, 1.82) is 0 Å². The highest BCUT2D eigenvalue weighted by Gasteiger charge is 2.12. The molecule has 0 fully saturated rings. The quantitative estimate of drug-likeness (QED) is 0.487. The van der Waals surface area contributed by atoms with Crippen molar-refractivity contribution in [2.24, 2.45) is 5.73 Å². The Kier molecular flexibility index (Phi) is 11.2. The van der Waals surface area contributed by atoms with Gasteiger partial charge in [0.1, 0.15) is 5.78 Å². The van der Waals surface area contributed by atoms with E-state index in [0.29, 0.717) is 39.0 Å². The molecule has 21 heavy (non-hydrogen) atoms. The number of ketones is 1. The molecule has 4 N–H and O–H groups in total. The van der Waals surface area contributed by atoms with Crippen molar-refractivity contribution in [3.05, 3.63) is 0 Å². The molecule has 0 saturated heterocycles. The van der Waals surface area contributed by atoms with Crippen LogP contribution in [0.1, 0.15) is 46.0 Å². The molecule has 0 aromatic carbocycles. The Morgan fingerprint density at radius 3 is 2.38 bits per heavy atom. The van der Waals surface area contributed by atoms with Crippen LogP contribution in [0, 0.1) is 0 Å². The molecule has 122 valence electrons. The van der Waals surface area contributed by atoms with Crippen LogP contribution in [-0.4, -0.2) is 43.5 Å². The van der Waals surface area contributed by atoms with E-state index in [1.165, 1.54) is 6.92 Å². The first kappa shape index (κ1) is 19.4. The van der Waals surface area contributed by atoms with Crippen LogP contribution >= 0.6 is 0 Å². The molecule has 0 aromatic heterocycles. The summed E-state index contributed by atoms with van der Waals surface area (Å²) in [5.41, 5.74) is 5.76. The number of hydrogen-bond acceptors (Lipinski definition) is 5. The lowest BCUT2D eigenvalue weighted by molar-refractivity contribution is -0.123. The number of hydrogen-bond donors (Lipinski definition) is 3. The van der Waals surface area contributed by atoms with E-state index in [2.05, 4.69) is 10.6 Å². The molecule has 0 aliphatic rings. The molecule has 0 saturated carbocycles. The largest absolute Gasteiger partial charge is 0.450 e. The van der Waals surface area contributed by atoms with Crippen molar-refractivity contribution in [3.8, 4) is 0 Å². The molecule has 7 heteroatoms. The van der Waals surface area contributed by atoms with Crippen molar-refractivity contribution < 1.29 is 19.1 Å². The fourth-order valence-corrected chi connectivity index (χ4v) is 1.67. The van der Waals surface area contributed by atoms with Gasteiger partial charge in [-0.05, 0) is 39.5 Å². The number of ether oxygens (including phenoxy) is 1. The number of unbranched alkanes of at least 4 members (excludes halogenated alkanes) is 1. The van der Waals surface area contributed by atoms with Gasteiger partial charge in [-0.1, -0.05) is 0 Å². The van der Waals surface area contributed by atoms with Crippen LogP contribution in [0.25, 0.3) is 0 Å². The van der Waals surface area contributed by atoms with Crippen LogP contribution in [0.4, 0.5) is 4.79 Å². The number of nitrogens with one attached hydrogen (secondary N) is 2. The van der Waals surface area contributed by atoms with Gasteiger partial charge in [-0.2, -0.15) is 0 Å². The van der Waals surface area contributed by atoms with Gasteiger partial charge < -0.3 is 25.9 Å². The third-order valence-electron chi connectivity index (χ3n) is 2.83. The van der Waals surface area contributed by atoms with E-state index < -0.39 is 12.1 Å². The zero-order valence-corrected chi connectivity index (χ0v) is 12.9. The molecule has 0 rings (SSSR count). The predicted octanol–water partition coefficient (Wildman–Crippen LogP) is 0.716. The van der Waals surface area contributed by atoms with E-state index in [4.69, 9.17) is 10.5 Å². The van der Waals surface area contributed by atoms with Gasteiger partial charge in [0.05, 0.1) is 12.6 Å². The predicted molar refractivity (Wildman–Crippen MR) is 79.8 cm³/mol. The molecule has 0 aromatic rings. The summed E-state index contributed by atoms with van der Waals surface area (Å²) in [5.74, 6) is -0.0837. The third kappa shape index (κ3) is 11.9. The summed E-state index contributed by atoms with van der Waals surface area (Å²) in [7, 11) is 0. The Hall–Kier alpha value is -1.63. The SMILES string of the molecule is CCOC(=O)NCCCCC(N)C(=O)NCCCC(C)=O. The molecule has 0 aliphatic carbocycles. The Bertz CT molecular complexity index is 334. The van der Waals surface area contributed by atoms with Gasteiger partial charge in [0.15, 0.2) is 0 Å². The van der Waals surface area contributed by atoms with E-state index in [-0.39, 0.29) is 11.7 Å². The second-order valence-electron chi connectivity index (χ2n) is 4.85. The summed E-state index contributed by atoms with van der Waals surface area (Å²) in [6.45, 7) is 4.59. The maximum Gasteiger partial charge on any atom is 0.407 e. The number of alkyl carbamates (subject to hydrolysis) is 1. The Balaban J connectivity index is 3.55. The molecule has 0 aliphatic heterocycles. The highest BCUT2D eigenvalue weighted by Crippen LogP contribution is 1.99. The normalized spacial score (nSPS) is 11.6. The highest BCUT2D eigenvalue weighted by molar-refractivity contribution is 5.81. The van der Waals surface area contributed by atoms with E-state index in [0.717, 1.165) is 12.8 Å². The van der Waals surface area contributed by atoms with Crippen molar-refractivity contribution in [3.63, 3.8) is 0 Å². The van der Waals surface area contributed by atoms with E-state index in [1.807, 2.05) is 0 Å². The Morgan fingerprint density at radius 2 is 1.76 bits per heavy atom. The van der Waals surface area contributed by atoms with Crippen LogP contribution in [0.5, 0.6) is 0 Å². The van der Waals surface area contributed by atoms with Crippen LogP contribution in [0.3, 0.4) is 0 Å². The number of amides is 2. The minimum Gasteiger partial charge on any atom is -0.450 e. The Morgan fingerprint density at radius 1 is 1.10 bits per heavy atom. The molecule has 2 amide bonds. The second-order valence-corrected chi connectivity index (χ2v) is 4.85. The monoisotopic (exact) mass is 301 g/mol. The van der Waals surface area contributed by atoms with E-state index in [9.17, 15) is 14.4 Å². The average Bonchev–Trinajstić information content (AvgIpc) is 2.42. The minimum absolute atomic E-state index is 0.114. The van der Waals surface area contributed by atoms with Crippen LogP contribution in [0.2, 0.25) is 0 Å². The first-order chi connectivity index (χ1) is 9.97. The van der Waals surface area contributed by atoms with E-state index in [1.54, 1.807) is 6.92 Å². The fraction of sp³-hybridized carbons (Fsp3) is 0.786. The van der Waals surface area contributed by atoms with Crippen molar-refractivity contribution in [2.75, 3.05) is 19.7 Å². The van der Waals surface area contributed by atoms with Crippen LogP contribution < -0.4 is 16.4 Å². The molecular weight excluding hydrogens is 274 g/mol. The van der Waals surface area contributed by atoms with Crippen molar-refractivity contribution >= 4 is 17.8 Å². The number of nitrogens with two attached hydrogens (primary N) is 1. The summed E-state index contributed by atoms with van der Waals surface area (Å²) in [4.78, 5) is 33.4. The zero-order valence-electron chi connectivity index (χ0n) is 12.9. The second kappa shape index (κ2) is 12.1. The first-order valence-corrected chi connectivity index (χ1v) is 7.40. The molecule has 0 radical (unpaired) electrons. The summed E-state index contributed by atoms with van der Waals surface area (Å²) in [6, 6.07) is -0.551. The van der Waals surface area contributed by atoms with Crippen LogP contribution in [-0.2, 0) is 14.3 Å². The maximum atomic E-state index is 11.6. The molecular formula is C14H27N3O4. The summed E-state index contributed by atoms with van der Waals surface area (Å²) in [6.07, 6.45) is 2.72. The van der Waals surface area contributed by atoms with Crippen molar-refractivity contribution in [1.82, 2.24) is 10.6 Å². The molecule has 0 bridgehead atoms. The van der Waals surface area contributed by atoms with Gasteiger partial charge in [-0.15, -0.1) is 0 Å². The number of rotatable bonds is 11. The molecule has 1 unspecified atom stereocenters.